The fraction of sp³-hybridized carbons (Fsp3) is 1.00. The average Bonchev–Trinajstić information content (AvgIpc) is 2.98. The Morgan fingerprint density at radius 3 is 2.67 bits per heavy atom. The smallest absolute Gasteiger partial charge is 0.0204 e. The Kier molecular flexibility index (Phi) is 4.00. The van der Waals surface area contributed by atoms with E-state index < -0.39 is 0 Å². The zero-order chi connectivity index (χ0) is 10.7. The number of rotatable bonds is 6. The van der Waals surface area contributed by atoms with Crippen LogP contribution in [0.4, 0.5) is 0 Å². The minimum atomic E-state index is 0.737. The summed E-state index contributed by atoms with van der Waals surface area (Å²) >= 11 is 0. The molecule has 0 aromatic heterocycles. The zero-order valence-corrected chi connectivity index (χ0v) is 10.2. The Morgan fingerprint density at radius 1 is 1.33 bits per heavy atom. The second kappa shape index (κ2) is 5.28. The molecule has 3 nitrogen and oxygen atoms in total. The van der Waals surface area contributed by atoms with Crippen LogP contribution in [0, 0.1) is 0 Å². The summed E-state index contributed by atoms with van der Waals surface area (Å²) in [5.41, 5.74) is 0. The molecule has 0 radical (unpaired) electrons. The molecule has 88 valence electrons. The monoisotopic (exact) mass is 211 g/mol. The van der Waals surface area contributed by atoms with Crippen molar-refractivity contribution in [3.63, 3.8) is 0 Å². The van der Waals surface area contributed by atoms with Crippen molar-refractivity contribution >= 4 is 0 Å². The van der Waals surface area contributed by atoms with Gasteiger partial charge in [0.25, 0.3) is 0 Å². The van der Waals surface area contributed by atoms with E-state index in [0.717, 1.165) is 12.1 Å². The minimum Gasteiger partial charge on any atom is -0.316 e. The standard InChI is InChI=1S/C12H25N3/c1-3-15(12-4-5-12)9-8-14-7-6-11(10-14)13-2/h11-13H,3-10H2,1-2H3. The number of likely N-dealkylation sites (N-methyl/N-ethyl adjacent to an activating group) is 2. The predicted octanol–water partition coefficient (Wildman–Crippen LogP) is 0.764. The fourth-order valence-corrected chi connectivity index (χ4v) is 2.58. The Labute approximate surface area is 93.8 Å². The van der Waals surface area contributed by atoms with Crippen LogP contribution >= 0.6 is 0 Å². The number of nitrogens with one attached hydrogen (secondary N) is 1. The molecule has 3 heteroatoms. The molecule has 1 aliphatic carbocycles. The van der Waals surface area contributed by atoms with Gasteiger partial charge in [-0.2, -0.15) is 0 Å². The van der Waals surface area contributed by atoms with Crippen LogP contribution < -0.4 is 5.32 Å². The molecule has 0 amide bonds. The maximum Gasteiger partial charge on any atom is 0.0204 e. The van der Waals surface area contributed by atoms with Gasteiger partial charge in [0.1, 0.15) is 0 Å². The molecule has 1 unspecified atom stereocenters. The molecule has 1 saturated carbocycles. The van der Waals surface area contributed by atoms with Gasteiger partial charge in [0.2, 0.25) is 0 Å². The predicted molar refractivity (Wildman–Crippen MR) is 64.2 cm³/mol. The summed E-state index contributed by atoms with van der Waals surface area (Å²) in [4.78, 5) is 5.25. The van der Waals surface area contributed by atoms with Gasteiger partial charge in [-0.1, -0.05) is 6.92 Å². The molecule has 0 aromatic carbocycles. The molecule has 2 rings (SSSR count). The Balaban J connectivity index is 1.64. The van der Waals surface area contributed by atoms with Crippen molar-refractivity contribution in [3.05, 3.63) is 0 Å². The minimum absolute atomic E-state index is 0.737. The summed E-state index contributed by atoms with van der Waals surface area (Å²) in [5, 5.41) is 3.38. The maximum absolute atomic E-state index is 3.38. The third kappa shape index (κ3) is 3.16. The largest absolute Gasteiger partial charge is 0.316 e. The lowest BCUT2D eigenvalue weighted by Gasteiger charge is -2.23. The molecule has 15 heavy (non-hydrogen) atoms. The van der Waals surface area contributed by atoms with E-state index in [1.54, 1.807) is 0 Å². The van der Waals surface area contributed by atoms with Gasteiger partial charge in [0.05, 0.1) is 0 Å². The van der Waals surface area contributed by atoms with E-state index in [1.165, 1.54) is 52.0 Å². The van der Waals surface area contributed by atoms with Crippen molar-refractivity contribution in [2.45, 2.75) is 38.3 Å². The highest BCUT2D eigenvalue weighted by molar-refractivity contribution is 4.85. The van der Waals surface area contributed by atoms with Gasteiger partial charge >= 0.3 is 0 Å². The van der Waals surface area contributed by atoms with Gasteiger partial charge in [-0.15, -0.1) is 0 Å². The van der Waals surface area contributed by atoms with Crippen LogP contribution in [0.3, 0.4) is 0 Å². The SMILES string of the molecule is CCN(CCN1CCC(NC)C1)C1CC1. The fourth-order valence-electron chi connectivity index (χ4n) is 2.58. The summed E-state index contributed by atoms with van der Waals surface area (Å²) in [7, 11) is 2.08. The molecule has 2 fully saturated rings. The lowest BCUT2D eigenvalue weighted by Crippen LogP contribution is -2.37. The third-order valence-corrected chi connectivity index (χ3v) is 3.85. The van der Waals surface area contributed by atoms with Crippen LogP contribution in [0.25, 0.3) is 0 Å². The molecule has 2 aliphatic rings. The molecular weight excluding hydrogens is 186 g/mol. The molecule has 1 atom stereocenters. The number of nitrogens with zero attached hydrogens (tertiary/aromatic N) is 2. The lowest BCUT2D eigenvalue weighted by atomic mass is 10.3. The zero-order valence-electron chi connectivity index (χ0n) is 10.2. The molecule has 0 bridgehead atoms. The van der Waals surface area contributed by atoms with E-state index in [2.05, 4.69) is 29.1 Å². The lowest BCUT2D eigenvalue weighted by molar-refractivity contribution is 0.224. The highest BCUT2D eigenvalue weighted by Crippen LogP contribution is 2.26. The molecule has 1 heterocycles. The van der Waals surface area contributed by atoms with E-state index >= 15 is 0 Å². The van der Waals surface area contributed by atoms with E-state index in [1.807, 2.05) is 0 Å². The summed E-state index contributed by atoms with van der Waals surface area (Å²) in [6, 6.07) is 1.67. The van der Waals surface area contributed by atoms with Gasteiger partial charge in [0.15, 0.2) is 0 Å². The van der Waals surface area contributed by atoms with Crippen molar-refractivity contribution in [1.29, 1.82) is 0 Å². The second-order valence-corrected chi connectivity index (χ2v) is 4.93. The van der Waals surface area contributed by atoms with E-state index in [0.29, 0.717) is 0 Å². The quantitative estimate of drug-likeness (QED) is 0.700. The van der Waals surface area contributed by atoms with Crippen molar-refractivity contribution in [1.82, 2.24) is 15.1 Å². The number of hydrogen-bond acceptors (Lipinski definition) is 3. The molecular formula is C12H25N3. The molecule has 1 saturated heterocycles. The summed E-state index contributed by atoms with van der Waals surface area (Å²) < 4.78 is 0. The first kappa shape index (κ1) is 11.4. The summed E-state index contributed by atoms with van der Waals surface area (Å²) in [6.45, 7) is 8.60. The van der Waals surface area contributed by atoms with Crippen molar-refractivity contribution in [3.8, 4) is 0 Å². The Morgan fingerprint density at radius 2 is 2.13 bits per heavy atom. The molecule has 0 spiro atoms. The average molecular weight is 211 g/mol. The number of hydrogen-bond donors (Lipinski definition) is 1. The summed E-state index contributed by atoms with van der Waals surface area (Å²) in [5.74, 6) is 0. The van der Waals surface area contributed by atoms with Crippen LogP contribution in [0.15, 0.2) is 0 Å². The number of likely N-dealkylation sites (tertiary alicyclic amines) is 1. The van der Waals surface area contributed by atoms with Crippen LogP contribution in [0.1, 0.15) is 26.2 Å². The van der Waals surface area contributed by atoms with Crippen LogP contribution in [0.5, 0.6) is 0 Å². The van der Waals surface area contributed by atoms with Gasteiger partial charge in [-0.25, -0.2) is 0 Å². The molecule has 0 aromatic rings. The van der Waals surface area contributed by atoms with Crippen molar-refractivity contribution in [2.24, 2.45) is 0 Å². The first-order chi connectivity index (χ1) is 7.33. The summed E-state index contributed by atoms with van der Waals surface area (Å²) in [6.07, 6.45) is 4.20. The van der Waals surface area contributed by atoms with E-state index in [-0.39, 0.29) is 0 Å². The topological polar surface area (TPSA) is 18.5 Å². The van der Waals surface area contributed by atoms with Crippen LogP contribution in [0.2, 0.25) is 0 Å². The van der Waals surface area contributed by atoms with Crippen LogP contribution in [-0.4, -0.2) is 61.7 Å². The van der Waals surface area contributed by atoms with Gasteiger partial charge in [0, 0.05) is 31.7 Å². The van der Waals surface area contributed by atoms with Gasteiger partial charge in [-0.05, 0) is 39.4 Å². The highest BCUT2D eigenvalue weighted by atomic mass is 15.2. The van der Waals surface area contributed by atoms with Crippen molar-refractivity contribution < 1.29 is 0 Å². The van der Waals surface area contributed by atoms with Crippen molar-refractivity contribution in [2.75, 3.05) is 39.8 Å². The highest BCUT2D eigenvalue weighted by Gasteiger charge is 2.28. The Bertz CT molecular complexity index is 191. The second-order valence-electron chi connectivity index (χ2n) is 4.93. The van der Waals surface area contributed by atoms with Crippen LogP contribution in [-0.2, 0) is 0 Å². The first-order valence-corrected chi connectivity index (χ1v) is 6.47. The van der Waals surface area contributed by atoms with E-state index in [4.69, 9.17) is 0 Å². The normalized spacial score (nSPS) is 27.8. The maximum atomic E-state index is 3.38. The van der Waals surface area contributed by atoms with E-state index in [9.17, 15) is 0 Å². The Hall–Kier alpha value is -0.120. The molecule has 1 aliphatic heterocycles. The van der Waals surface area contributed by atoms with Gasteiger partial charge in [-0.3, -0.25) is 4.90 Å². The third-order valence-electron chi connectivity index (χ3n) is 3.85. The molecule has 1 N–H and O–H groups in total. The first-order valence-electron chi connectivity index (χ1n) is 6.47. The van der Waals surface area contributed by atoms with Gasteiger partial charge < -0.3 is 10.2 Å².